The summed E-state index contributed by atoms with van der Waals surface area (Å²) in [5, 5.41) is 4.66. The molecule has 166 valence electrons. The van der Waals surface area contributed by atoms with E-state index >= 15 is 0 Å². The zero-order chi connectivity index (χ0) is 21.9. The van der Waals surface area contributed by atoms with Gasteiger partial charge in [-0.15, -0.1) is 0 Å². The van der Waals surface area contributed by atoms with E-state index in [1.54, 1.807) is 0 Å². The number of rotatable bonds is 6. The fourth-order valence-corrected chi connectivity index (χ4v) is 5.29. The summed E-state index contributed by atoms with van der Waals surface area (Å²) in [6.45, 7) is 5.89. The van der Waals surface area contributed by atoms with Crippen LogP contribution in [0.5, 0.6) is 0 Å². The highest BCUT2D eigenvalue weighted by molar-refractivity contribution is 8.00. The van der Waals surface area contributed by atoms with Crippen LogP contribution in [-0.4, -0.2) is 52.3 Å². The quantitative estimate of drug-likeness (QED) is 0.453. The molecule has 1 fully saturated rings. The number of para-hydroxylation sites is 1. The van der Waals surface area contributed by atoms with Crippen molar-refractivity contribution in [3.8, 4) is 0 Å². The van der Waals surface area contributed by atoms with E-state index < -0.39 is 0 Å². The molecular weight excluding hydrogens is 420 g/mol. The number of hydrogen-bond acceptors (Lipinski definition) is 6. The van der Waals surface area contributed by atoms with Gasteiger partial charge in [0, 0.05) is 24.2 Å². The summed E-state index contributed by atoms with van der Waals surface area (Å²) in [4.78, 5) is 24.9. The molecule has 2 aliphatic rings. The number of morpholine rings is 1. The number of nitrogens with one attached hydrogen (secondary N) is 1. The number of aromatic nitrogens is 2. The molecule has 7 heteroatoms. The van der Waals surface area contributed by atoms with Crippen LogP contribution in [0.1, 0.15) is 30.3 Å². The number of carbonyl (C=O) groups is 1. The van der Waals surface area contributed by atoms with Gasteiger partial charge in [-0.2, -0.15) is 0 Å². The Morgan fingerprint density at radius 1 is 1.12 bits per heavy atom. The van der Waals surface area contributed by atoms with Crippen LogP contribution >= 0.6 is 11.8 Å². The van der Waals surface area contributed by atoms with Gasteiger partial charge in [0.25, 0.3) is 0 Å². The fourth-order valence-electron chi connectivity index (χ4n) is 4.33. The van der Waals surface area contributed by atoms with E-state index in [1.165, 1.54) is 29.3 Å². The van der Waals surface area contributed by atoms with E-state index in [-0.39, 0.29) is 11.2 Å². The van der Waals surface area contributed by atoms with Gasteiger partial charge in [0.2, 0.25) is 5.91 Å². The SMILES string of the molecule is CC(Sc1nc(CN2CCOCC2)nc2ccccc12)C(=O)Nc1ccc2c(c1)CCC2. The molecule has 32 heavy (non-hydrogen) atoms. The maximum Gasteiger partial charge on any atom is 0.237 e. The van der Waals surface area contributed by atoms with E-state index in [4.69, 9.17) is 14.7 Å². The molecule has 1 aromatic heterocycles. The predicted octanol–water partition coefficient (Wildman–Crippen LogP) is 4.07. The number of thioether (sulfide) groups is 1. The average Bonchev–Trinajstić information content (AvgIpc) is 3.28. The first-order valence-electron chi connectivity index (χ1n) is 11.3. The minimum atomic E-state index is -0.280. The molecule has 0 spiro atoms. The van der Waals surface area contributed by atoms with Crippen LogP contribution in [0.3, 0.4) is 0 Å². The number of fused-ring (bicyclic) bond motifs is 2. The van der Waals surface area contributed by atoms with Crippen molar-refractivity contribution in [3.63, 3.8) is 0 Å². The van der Waals surface area contributed by atoms with Crippen LogP contribution in [0.4, 0.5) is 5.69 Å². The number of aryl methyl sites for hydroxylation is 2. The van der Waals surface area contributed by atoms with Gasteiger partial charge in [0.05, 0.1) is 30.5 Å². The van der Waals surface area contributed by atoms with Gasteiger partial charge in [-0.1, -0.05) is 36.0 Å². The van der Waals surface area contributed by atoms with Crippen LogP contribution in [0.2, 0.25) is 0 Å². The smallest absolute Gasteiger partial charge is 0.237 e. The standard InChI is InChI=1S/C25H28N4O2S/c1-17(24(30)26-20-10-9-18-5-4-6-19(18)15-20)32-25-21-7-2-3-8-22(21)27-23(28-25)16-29-11-13-31-14-12-29/h2-3,7-10,15,17H,4-6,11-14,16H2,1H3,(H,26,30). The Balaban J connectivity index is 1.33. The van der Waals surface area contributed by atoms with Crippen molar-refractivity contribution >= 4 is 34.3 Å². The van der Waals surface area contributed by atoms with E-state index in [1.807, 2.05) is 37.3 Å². The minimum absolute atomic E-state index is 0.00892. The van der Waals surface area contributed by atoms with Crippen LogP contribution in [-0.2, 0) is 28.9 Å². The van der Waals surface area contributed by atoms with Crippen molar-refractivity contribution < 1.29 is 9.53 Å². The lowest BCUT2D eigenvalue weighted by atomic mass is 10.1. The molecule has 0 radical (unpaired) electrons. The molecule has 2 aromatic carbocycles. The summed E-state index contributed by atoms with van der Waals surface area (Å²) in [5.41, 5.74) is 4.56. The van der Waals surface area contributed by atoms with Gasteiger partial charge in [0.1, 0.15) is 10.9 Å². The van der Waals surface area contributed by atoms with Crippen molar-refractivity contribution in [1.82, 2.24) is 14.9 Å². The highest BCUT2D eigenvalue weighted by Gasteiger charge is 2.20. The van der Waals surface area contributed by atoms with E-state index in [0.717, 1.165) is 66.6 Å². The van der Waals surface area contributed by atoms with Crippen molar-refractivity contribution in [3.05, 3.63) is 59.4 Å². The van der Waals surface area contributed by atoms with Gasteiger partial charge in [-0.3, -0.25) is 9.69 Å². The molecule has 0 saturated carbocycles. The Morgan fingerprint density at radius 2 is 1.94 bits per heavy atom. The molecule has 6 nitrogen and oxygen atoms in total. The van der Waals surface area contributed by atoms with Crippen molar-refractivity contribution in [2.45, 2.75) is 43.0 Å². The number of carbonyl (C=O) groups excluding carboxylic acids is 1. The second-order valence-electron chi connectivity index (χ2n) is 8.44. The molecule has 1 atom stereocenters. The third-order valence-corrected chi connectivity index (χ3v) is 7.21. The lowest BCUT2D eigenvalue weighted by molar-refractivity contribution is -0.115. The van der Waals surface area contributed by atoms with E-state index in [0.29, 0.717) is 6.54 Å². The Labute approximate surface area is 192 Å². The zero-order valence-corrected chi connectivity index (χ0v) is 19.2. The Hall–Kier alpha value is -2.48. The molecule has 1 amide bonds. The molecule has 5 rings (SSSR count). The number of anilines is 1. The summed E-state index contributed by atoms with van der Waals surface area (Å²) < 4.78 is 5.45. The van der Waals surface area contributed by atoms with Gasteiger partial charge >= 0.3 is 0 Å². The van der Waals surface area contributed by atoms with Crippen LogP contribution < -0.4 is 5.32 Å². The molecule has 1 N–H and O–H groups in total. The first-order valence-corrected chi connectivity index (χ1v) is 12.2. The minimum Gasteiger partial charge on any atom is -0.379 e. The maximum absolute atomic E-state index is 13.0. The fraction of sp³-hybridized carbons (Fsp3) is 0.400. The molecule has 1 unspecified atom stereocenters. The molecule has 2 heterocycles. The highest BCUT2D eigenvalue weighted by atomic mass is 32.2. The number of benzene rings is 2. The third kappa shape index (κ3) is 4.80. The lowest BCUT2D eigenvalue weighted by Crippen LogP contribution is -2.36. The second-order valence-corrected chi connectivity index (χ2v) is 9.77. The second kappa shape index (κ2) is 9.57. The third-order valence-electron chi connectivity index (χ3n) is 6.11. The average molecular weight is 449 g/mol. The van der Waals surface area contributed by atoms with E-state index in [9.17, 15) is 4.79 Å². The normalized spacial score (nSPS) is 17.3. The Bertz CT molecular complexity index is 1130. The largest absolute Gasteiger partial charge is 0.379 e. The first-order chi connectivity index (χ1) is 15.7. The predicted molar refractivity (Wildman–Crippen MR) is 128 cm³/mol. The van der Waals surface area contributed by atoms with E-state index in [2.05, 4.69) is 22.3 Å². The van der Waals surface area contributed by atoms with Crippen molar-refractivity contribution in [2.24, 2.45) is 0 Å². The summed E-state index contributed by atoms with van der Waals surface area (Å²) >= 11 is 1.50. The van der Waals surface area contributed by atoms with Gasteiger partial charge in [0.15, 0.2) is 0 Å². The highest BCUT2D eigenvalue weighted by Crippen LogP contribution is 2.30. The van der Waals surface area contributed by atoms with Crippen LogP contribution in [0.15, 0.2) is 47.5 Å². The summed E-state index contributed by atoms with van der Waals surface area (Å²) in [6.07, 6.45) is 3.44. The lowest BCUT2D eigenvalue weighted by Gasteiger charge is -2.26. The van der Waals surface area contributed by atoms with Gasteiger partial charge in [-0.05, 0) is 55.5 Å². The molecule has 1 aliphatic carbocycles. The summed E-state index contributed by atoms with van der Waals surface area (Å²) in [7, 11) is 0. The Kier molecular flexibility index (Phi) is 6.39. The van der Waals surface area contributed by atoms with Gasteiger partial charge < -0.3 is 10.1 Å². The van der Waals surface area contributed by atoms with Crippen molar-refractivity contribution in [2.75, 3.05) is 31.6 Å². The molecule has 3 aromatic rings. The molecular formula is C25H28N4O2S. The Morgan fingerprint density at radius 3 is 2.81 bits per heavy atom. The first kappa shape index (κ1) is 21.4. The van der Waals surface area contributed by atoms with Gasteiger partial charge in [-0.25, -0.2) is 9.97 Å². The summed E-state index contributed by atoms with van der Waals surface area (Å²) in [5.74, 6) is 0.782. The monoisotopic (exact) mass is 448 g/mol. The summed E-state index contributed by atoms with van der Waals surface area (Å²) in [6, 6.07) is 14.3. The number of hydrogen-bond donors (Lipinski definition) is 1. The topological polar surface area (TPSA) is 67.3 Å². The molecule has 1 aliphatic heterocycles. The number of nitrogens with zero attached hydrogens (tertiary/aromatic N) is 3. The number of ether oxygens (including phenoxy) is 1. The van der Waals surface area contributed by atoms with Crippen LogP contribution in [0.25, 0.3) is 10.9 Å². The zero-order valence-electron chi connectivity index (χ0n) is 18.3. The number of amides is 1. The molecule has 0 bridgehead atoms. The maximum atomic E-state index is 13.0. The molecule has 1 saturated heterocycles. The van der Waals surface area contributed by atoms with Crippen molar-refractivity contribution in [1.29, 1.82) is 0 Å². The van der Waals surface area contributed by atoms with Crippen LogP contribution in [0, 0.1) is 0 Å².